The Morgan fingerprint density at radius 1 is 0.927 bits per heavy atom. The molecule has 0 spiro atoms. The predicted octanol–water partition coefficient (Wildman–Crippen LogP) is 5.21. The van der Waals surface area contributed by atoms with Gasteiger partial charge in [0.1, 0.15) is 0 Å². The van der Waals surface area contributed by atoms with Gasteiger partial charge >= 0.3 is 6.03 Å². The summed E-state index contributed by atoms with van der Waals surface area (Å²) in [5.74, 6) is 1.30. The Morgan fingerprint density at radius 3 is 2.36 bits per heavy atom. The fourth-order valence-electron chi connectivity index (χ4n) is 8.70. The molecule has 3 amide bonds. The van der Waals surface area contributed by atoms with E-state index < -0.39 is 16.1 Å². The largest absolute Gasteiger partial charge is 0.371 e. The molecule has 2 aromatic heterocycles. The number of fused-ring (bicyclic) bond motifs is 1. The zero-order valence-electron chi connectivity index (χ0n) is 31.5. The van der Waals surface area contributed by atoms with E-state index in [-0.39, 0.29) is 23.8 Å². The van der Waals surface area contributed by atoms with E-state index in [0.29, 0.717) is 60.1 Å². The number of piperidine rings is 3. The van der Waals surface area contributed by atoms with E-state index in [0.717, 1.165) is 75.0 Å². The number of rotatable bonds is 9. The number of hydrogen-bond donors (Lipinski definition) is 2. The van der Waals surface area contributed by atoms with E-state index in [9.17, 15) is 18.0 Å². The minimum atomic E-state index is -3.62. The Morgan fingerprint density at radius 2 is 1.65 bits per heavy atom. The summed E-state index contributed by atoms with van der Waals surface area (Å²) >= 11 is 5.90. The van der Waals surface area contributed by atoms with Crippen molar-refractivity contribution < 1.29 is 18.0 Å². The summed E-state index contributed by atoms with van der Waals surface area (Å²) in [7, 11) is -1.72. The van der Waals surface area contributed by atoms with Crippen LogP contribution in [0.5, 0.6) is 0 Å². The van der Waals surface area contributed by atoms with Gasteiger partial charge in [-0.1, -0.05) is 30.7 Å². The molecule has 8 rings (SSSR count). The second-order valence-corrected chi connectivity index (χ2v) is 18.2. The molecule has 6 heterocycles. The van der Waals surface area contributed by atoms with Crippen LogP contribution in [0.3, 0.4) is 0 Å². The fraction of sp³-hybridized carbons (Fsp3) is 0.513. The number of anilines is 3. The van der Waals surface area contributed by atoms with Crippen molar-refractivity contribution in [1.82, 2.24) is 34.3 Å². The number of amides is 3. The molecule has 16 heteroatoms. The van der Waals surface area contributed by atoms with E-state index in [1.165, 1.54) is 5.56 Å². The first-order valence-electron chi connectivity index (χ1n) is 19.3. The molecular formula is C39H49ClN10O4S. The van der Waals surface area contributed by atoms with Crippen LogP contribution in [0.4, 0.5) is 22.2 Å². The van der Waals surface area contributed by atoms with Crippen LogP contribution in [0.1, 0.15) is 63.4 Å². The monoisotopic (exact) mass is 788 g/mol. The smallest absolute Gasteiger partial charge is 0.329 e. The number of aryl methyl sites for hydroxylation is 1. The number of aromatic nitrogens is 4. The SMILES string of the molecule is Cn1nc(N2CCC(=O)NC2=O)c2ccc(C3CCN(CC4(C)CCN(c5cccc(S(=O)(=O)N6CCC(Nc7ncc(Cl)cn7)CC6)c5)CC4)CC3)cc21. The molecule has 0 radical (unpaired) electrons. The number of sulfonamides is 1. The number of hydrogen-bond acceptors (Lipinski definition) is 10. The fourth-order valence-corrected chi connectivity index (χ4v) is 10.3. The van der Waals surface area contributed by atoms with E-state index in [1.54, 1.807) is 27.7 Å². The minimum Gasteiger partial charge on any atom is -0.371 e. The quantitative estimate of drug-likeness (QED) is 0.232. The Bertz CT molecular complexity index is 2160. The number of benzene rings is 2. The molecule has 4 saturated heterocycles. The lowest BCUT2D eigenvalue weighted by molar-refractivity contribution is -0.120. The molecule has 4 aliphatic rings. The summed E-state index contributed by atoms with van der Waals surface area (Å²) < 4.78 is 30.9. The van der Waals surface area contributed by atoms with Gasteiger partial charge in [-0.25, -0.2) is 23.2 Å². The number of carbonyl (C=O) groups excluding carboxylic acids is 2. The Balaban J connectivity index is 0.826. The van der Waals surface area contributed by atoms with E-state index in [1.807, 2.05) is 29.9 Å². The van der Waals surface area contributed by atoms with Gasteiger partial charge in [-0.15, -0.1) is 0 Å². The second-order valence-electron chi connectivity index (χ2n) is 15.9. The van der Waals surface area contributed by atoms with Gasteiger partial charge in [0.25, 0.3) is 0 Å². The lowest BCUT2D eigenvalue weighted by atomic mass is 9.79. The van der Waals surface area contributed by atoms with Crippen LogP contribution in [0, 0.1) is 5.41 Å². The molecule has 0 saturated carbocycles. The average Bonchev–Trinajstić information content (AvgIpc) is 3.51. The molecule has 2 N–H and O–H groups in total. The van der Waals surface area contributed by atoms with E-state index >= 15 is 0 Å². The number of carbonyl (C=O) groups is 2. The van der Waals surface area contributed by atoms with Gasteiger partial charge in [0.05, 0.1) is 27.8 Å². The van der Waals surface area contributed by atoms with Crippen molar-refractivity contribution in [3.05, 3.63) is 65.4 Å². The highest BCUT2D eigenvalue weighted by molar-refractivity contribution is 7.89. The van der Waals surface area contributed by atoms with Crippen molar-refractivity contribution in [3.63, 3.8) is 0 Å². The first kappa shape index (κ1) is 37.6. The molecule has 4 fully saturated rings. The molecule has 2 aromatic carbocycles. The topological polar surface area (TPSA) is 149 Å². The number of nitrogens with one attached hydrogen (secondary N) is 2. The van der Waals surface area contributed by atoms with Gasteiger partial charge < -0.3 is 15.1 Å². The number of nitrogens with zero attached hydrogens (tertiary/aromatic N) is 8. The highest BCUT2D eigenvalue weighted by atomic mass is 35.5. The number of likely N-dealkylation sites (tertiary alicyclic amines) is 1. The van der Waals surface area contributed by atoms with Crippen LogP contribution < -0.4 is 20.4 Å². The summed E-state index contributed by atoms with van der Waals surface area (Å²) in [6.45, 7) is 8.53. The third kappa shape index (κ3) is 8.02. The lowest BCUT2D eigenvalue weighted by Gasteiger charge is -2.44. The van der Waals surface area contributed by atoms with Gasteiger partial charge in [0.15, 0.2) is 5.82 Å². The summed E-state index contributed by atoms with van der Waals surface area (Å²) in [6, 6.07) is 13.6. The Labute approximate surface area is 327 Å². The number of urea groups is 1. The number of halogens is 1. The minimum absolute atomic E-state index is 0.0951. The normalized spacial score (nSPS) is 20.9. The van der Waals surface area contributed by atoms with E-state index in [4.69, 9.17) is 11.6 Å². The molecule has 14 nitrogen and oxygen atoms in total. The highest BCUT2D eigenvalue weighted by Crippen LogP contribution is 2.38. The molecule has 0 atom stereocenters. The second kappa shape index (κ2) is 15.3. The standard InChI is InChI=1S/C39H49ClN10O4S/c1-39(26-47-15-8-27(9-16-47)28-6-7-33-34(22-28)46(2)45-36(33)50-19-12-35(51)44-38(50)52)13-20-48(21-14-39)31-4-3-5-32(23-31)55(53,54)49-17-10-30(11-18-49)43-37-41-24-29(40)25-42-37/h3-7,22-25,27,30H,8-21,26H2,1-2H3,(H,41,42,43)(H,44,51,52). The molecule has 0 aliphatic carbocycles. The summed E-state index contributed by atoms with van der Waals surface area (Å²) in [6.07, 6.45) is 8.96. The maximum atomic E-state index is 13.7. The van der Waals surface area contributed by atoms with Crippen LogP contribution >= 0.6 is 11.6 Å². The van der Waals surface area contributed by atoms with Crippen molar-refractivity contribution in [2.24, 2.45) is 12.5 Å². The molecule has 4 aromatic rings. The van der Waals surface area contributed by atoms with E-state index in [2.05, 4.69) is 60.6 Å². The maximum Gasteiger partial charge on any atom is 0.329 e. The summed E-state index contributed by atoms with van der Waals surface area (Å²) in [5.41, 5.74) is 3.45. The first-order valence-corrected chi connectivity index (χ1v) is 21.2. The molecule has 4 aliphatic heterocycles. The zero-order valence-corrected chi connectivity index (χ0v) is 33.0. The van der Waals surface area contributed by atoms with Crippen molar-refractivity contribution in [3.8, 4) is 0 Å². The van der Waals surface area contributed by atoms with Crippen LogP contribution in [0.15, 0.2) is 59.8 Å². The van der Waals surface area contributed by atoms with Crippen molar-refractivity contribution in [2.45, 2.75) is 68.7 Å². The van der Waals surface area contributed by atoms with Gasteiger partial charge in [-0.3, -0.25) is 19.7 Å². The Kier molecular flexibility index (Phi) is 10.5. The van der Waals surface area contributed by atoms with Crippen LogP contribution in [-0.4, -0.2) is 108 Å². The van der Waals surface area contributed by atoms with Gasteiger partial charge in [0.2, 0.25) is 21.9 Å². The highest BCUT2D eigenvalue weighted by Gasteiger charge is 2.35. The van der Waals surface area contributed by atoms with Gasteiger partial charge in [-0.05, 0) is 98.8 Å². The van der Waals surface area contributed by atoms with Gasteiger partial charge in [-0.2, -0.15) is 9.40 Å². The van der Waals surface area contributed by atoms with Crippen molar-refractivity contribution in [1.29, 1.82) is 0 Å². The Hall–Kier alpha value is -4.31. The lowest BCUT2D eigenvalue weighted by Crippen LogP contribution is -2.49. The van der Waals surface area contributed by atoms with Crippen LogP contribution in [0.2, 0.25) is 5.02 Å². The molecule has 0 bridgehead atoms. The summed E-state index contributed by atoms with van der Waals surface area (Å²) in [4.78, 5) is 39.5. The maximum absolute atomic E-state index is 13.7. The van der Waals surface area contributed by atoms with Gasteiger partial charge in [0, 0.05) is 69.9 Å². The van der Waals surface area contributed by atoms with Crippen molar-refractivity contribution >= 4 is 61.9 Å². The molecule has 55 heavy (non-hydrogen) atoms. The predicted molar refractivity (Wildman–Crippen MR) is 213 cm³/mol. The average molecular weight is 789 g/mol. The molecule has 0 unspecified atom stereocenters. The van der Waals surface area contributed by atoms with Crippen molar-refractivity contribution in [2.75, 3.05) is 67.5 Å². The van der Waals surface area contributed by atoms with Crippen LogP contribution in [-0.2, 0) is 21.9 Å². The number of imide groups is 1. The molecular weight excluding hydrogens is 740 g/mol. The third-order valence-corrected chi connectivity index (χ3v) is 14.1. The zero-order chi connectivity index (χ0) is 38.3. The third-order valence-electron chi connectivity index (χ3n) is 12.0. The van der Waals surface area contributed by atoms with Crippen LogP contribution in [0.25, 0.3) is 10.9 Å². The first-order chi connectivity index (χ1) is 26.4. The molecule has 292 valence electrons. The summed E-state index contributed by atoms with van der Waals surface area (Å²) in [5, 5.41) is 11.7.